The molecule has 0 saturated carbocycles. The van der Waals surface area contributed by atoms with Crippen molar-refractivity contribution in [1.29, 1.82) is 0 Å². The normalized spacial score (nSPS) is 15.5. The quantitative estimate of drug-likeness (QED) is 0.698. The predicted molar refractivity (Wildman–Crippen MR) is 100 cm³/mol. The van der Waals surface area contributed by atoms with E-state index < -0.39 is 0 Å². The van der Waals surface area contributed by atoms with Gasteiger partial charge in [0.05, 0.1) is 10.0 Å². The van der Waals surface area contributed by atoms with E-state index in [1.54, 1.807) is 18.2 Å². The fraction of sp³-hybridized carbons (Fsp3) is 0.350. The minimum absolute atomic E-state index is 0.0364. The number of carbonyl (C=O) groups is 1. The van der Waals surface area contributed by atoms with Crippen molar-refractivity contribution in [2.75, 3.05) is 13.1 Å². The van der Waals surface area contributed by atoms with Crippen LogP contribution in [0.4, 0.5) is 0 Å². The van der Waals surface area contributed by atoms with Gasteiger partial charge in [-0.25, -0.2) is 0 Å². The Morgan fingerprint density at radius 3 is 2.50 bits per heavy atom. The highest BCUT2D eigenvalue weighted by atomic mass is 35.5. The van der Waals surface area contributed by atoms with Gasteiger partial charge in [-0.3, -0.25) is 4.79 Å². The number of likely N-dealkylation sites (tertiary alicyclic amines) is 1. The number of hydrogen-bond donors (Lipinski definition) is 0. The standard InChI is InChI=1S/C20H21Cl2NO/c1-2-14-4-3-5-16(12-14)15-8-10-23(11-9-15)20(24)17-6-7-18(21)19(22)13-17/h3-7,12-13,15H,2,8-11H2,1H3. The summed E-state index contributed by atoms with van der Waals surface area (Å²) in [6.45, 7) is 3.73. The fourth-order valence-corrected chi connectivity index (χ4v) is 3.59. The predicted octanol–water partition coefficient (Wildman–Crippen LogP) is 5.58. The third-order valence-corrected chi connectivity index (χ3v) is 5.52. The molecule has 1 aliphatic rings. The van der Waals surface area contributed by atoms with Crippen LogP contribution in [0.15, 0.2) is 42.5 Å². The molecule has 1 fully saturated rings. The van der Waals surface area contributed by atoms with Crippen molar-refractivity contribution in [2.45, 2.75) is 32.1 Å². The monoisotopic (exact) mass is 361 g/mol. The van der Waals surface area contributed by atoms with Crippen LogP contribution in [0.25, 0.3) is 0 Å². The first-order valence-electron chi connectivity index (χ1n) is 8.41. The van der Waals surface area contributed by atoms with Crippen molar-refractivity contribution in [3.05, 3.63) is 69.2 Å². The number of benzene rings is 2. The molecule has 0 unspecified atom stereocenters. The first-order valence-corrected chi connectivity index (χ1v) is 9.17. The lowest BCUT2D eigenvalue weighted by Crippen LogP contribution is -2.37. The van der Waals surface area contributed by atoms with E-state index in [9.17, 15) is 4.79 Å². The molecule has 3 rings (SSSR count). The van der Waals surface area contributed by atoms with E-state index in [2.05, 4.69) is 31.2 Å². The second-order valence-electron chi connectivity index (χ2n) is 6.29. The minimum atomic E-state index is 0.0364. The number of hydrogen-bond acceptors (Lipinski definition) is 1. The van der Waals surface area contributed by atoms with Crippen molar-refractivity contribution in [1.82, 2.24) is 4.90 Å². The van der Waals surface area contributed by atoms with Crippen LogP contribution in [0.3, 0.4) is 0 Å². The molecule has 1 aliphatic heterocycles. The number of piperidine rings is 1. The number of carbonyl (C=O) groups excluding carboxylic acids is 1. The summed E-state index contributed by atoms with van der Waals surface area (Å²) in [7, 11) is 0. The summed E-state index contributed by atoms with van der Waals surface area (Å²) < 4.78 is 0. The second-order valence-corrected chi connectivity index (χ2v) is 7.11. The van der Waals surface area contributed by atoms with Gasteiger partial charge in [0.15, 0.2) is 0 Å². The highest BCUT2D eigenvalue weighted by molar-refractivity contribution is 6.42. The minimum Gasteiger partial charge on any atom is -0.339 e. The maximum atomic E-state index is 12.6. The molecule has 2 nitrogen and oxygen atoms in total. The highest BCUT2D eigenvalue weighted by Gasteiger charge is 2.25. The Morgan fingerprint density at radius 2 is 1.83 bits per heavy atom. The molecule has 1 heterocycles. The van der Waals surface area contributed by atoms with Gasteiger partial charge in [0, 0.05) is 18.7 Å². The molecule has 0 spiro atoms. The van der Waals surface area contributed by atoms with Crippen molar-refractivity contribution in [3.63, 3.8) is 0 Å². The molecule has 0 aliphatic carbocycles. The summed E-state index contributed by atoms with van der Waals surface area (Å²) in [4.78, 5) is 14.5. The Bertz CT molecular complexity index is 736. The van der Waals surface area contributed by atoms with Gasteiger partial charge in [0.2, 0.25) is 0 Å². The van der Waals surface area contributed by atoms with Crippen LogP contribution in [0, 0.1) is 0 Å². The van der Waals surface area contributed by atoms with Gasteiger partial charge in [-0.05, 0) is 54.5 Å². The molecule has 1 amide bonds. The lowest BCUT2D eigenvalue weighted by atomic mass is 9.88. The van der Waals surface area contributed by atoms with E-state index >= 15 is 0 Å². The van der Waals surface area contributed by atoms with E-state index in [-0.39, 0.29) is 5.91 Å². The summed E-state index contributed by atoms with van der Waals surface area (Å²) in [5.41, 5.74) is 3.38. The van der Waals surface area contributed by atoms with E-state index in [0.717, 1.165) is 32.4 Å². The van der Waals surface area contributed by atoms with Crippen LogP contribution in [-0.4, -0.2) is 23.9 Å². The van der Waals surface area contributed by atoms with Gasteiger partial charge >= 0.3 is 0 Å². The molecule has 0 N–H and O–H groups in total. The molecule has 2 aromatic carbocycles. The molecular formula is C20H21Cl2NO. The largest absolute Gasteiger partial charge is 0.339 e. The molecule has 1 saturated heterocycles. The number of nitrogens with zero attached hydrogens (tertiary/aromatic N) is 1. The summed E-state index contributed by atoms with van der Waals surface area (Å²) in [5.74, 6) is 0.573. The van der Waals surface area contributed by atoms with Gasteiger partial charge in [-0.1, -0.05) is 54.4 Å². The molecule has 2 aromatic rings. The molecule has 0 radical (unpaired) electrons. The zero-order valence-corrected chi connectivity index (χ0v) is 15.3. The Labute approximate surface area is 153 Å². The van der Waals surface area contributed by atoms with Crippen LogP contribution in [-0.2, 0) is 6.42 Å². The zero-order chi connectivity index (χ0) is 17.1. The molecule has 0 bridgehead atoms. The summed E-state index contributed by atoms with van der Waals surface area (Å²) in [6, 6.07) is 13.9. The smallest absolute Gasteiger partial charge is 0.253 e. The van der Waals surface area contributed by atoms with Crippen molar-refractivity contribution in [3.8, 4) is 0 Å². The average Bonchev–Trinajstić information content (AvgIpc) is 2.63. The Morgan fingerprint density at radius 1 is 1.08 bits per heavy atom. The van der Waals surface area contributed by atoms with Gasteiger partial charge in [-0.15, -0.1) is 0 Å². The second kappa shape index (κ2) is 7.58. The Kier molecular flexibility index (Phi) is 5.47. The molecule has 24 heavy (non-hydrogen) atoms. The summed E-state index contributed by atoms with van der Waals surface area (Å²) >= 11 is 12.0. The summed E-state index contributed by atoms with van der Waals surface area (Å²) in [6.07, 6.45) is 3.06. The topological polar surface area (TPSA) is 20.3 Å². The van der Waals surface area contributed by atoms with Gasteiger partial charge in [-0.2, -0.15) is 0 Å². The molecule has 4 heteroatoms. The first kappa shape index (κ1) is 17.3. The van der Waals surface area contributed by atoms with E-state index in [1.165, 1.54) is 11.1 Å². The molecular weight excluding hydrogens is 341 g/mol. The number of amides is 1. The average molecular weight is 362 g/mol. The molecule has 126 valence electrons. The van der Waals surface area contributed by atoms with E-state index in [0.29, 0.717) is 21.5 Å². The molecule has 0 atom stereocenters. The number of aryl methyl sites for hydroxylation is 1. The van der Waals surface area contributed by atoms with E-state index in [4.69, 9.17) is 23.2 Å². The summed E-state index contributed by atoms with van der Waals surface area (Å²) in [5, 5.41) is 0.900. The lowest BCUT2D eigenvalue weighted by Gasteiger charge is -2.32. The zero-order valence-electron chi connectivity index (χ0n) is 13.8. The number of halogens is 2. The van der Waals surface area contributed by atoms with Crippen LogP contribution < -0.4 is 0 Å². The highest BCUT2D eigenvalue weighted by Crippen LogP contribution is 2.30. The van der Waals surface area contributed by atoms with Crippen LogP contribution >= 0.6 is 23.2 Å². The van der Waals surface area contributed by atoms with Crippen LogP contribution in [0.5, 0.6) is 0 Å². The van der Waals surface area contributed by atoms with Gasteiger partial charge < -0.3 is 4.90 Å². The van der Waals surface area contributed by atoms with Crippen LogP contribution in [0.1, 0.15) is 47.2 Å². The molecule has 0 aromatic heterocycles. The SMILES string of the molecule is CCc1cccc(C2CCN(C(=O)c3ccc(Cl)c(Cl)c3)CC2)c1. The van der Waals surface area contributed by atoms with Gasteiger partial charge in [0.1, 0.15) is 0 Å². The van der Waals surface area contributed by atoms with E-state index in [1.807, 2.05) is 4.90 Å². The number of rotatable bonds is 3. The van der Waals surface area contributed by atoms with Crippen LogP contribution in [0.2, 0.25) is 10.0 Å². The Hall–Kier alpha value is -1.51. The van der Waals surface area contributed by atoms with Crippen molar-refractivity contribution in [2.24, 2.45) is 0 Å². The third kappa shape index (κ3) is 3.76. The lowest BCUT2D eigenvalue weighted by molar-refractivity contribution is 0.0713. The third-order valence-electron chi connectivity index (χ3n) is 4.78. The fourth-order valence-electron chi connectivity index (χ4n) is 3.29. The van der Waals surface area contributed by atoms with Crippen molar-refractivity contribution >= 4 is 29.1 Å². The maximum Gasteiger partial charge on any atom is 0.253 e. The van der Waals surface area contributed by atoms with Crippen molar-refractivity contribution < 1.29 is 4.79 Å². The Balaban J connectivity index is 1.65. The maximum absolute atomic E-state index is 12.6. The van der Waals surface area contributed by atoms with Gasteiger partial charge in [0.25, 0.3) is 5.91 Å². The first-order chi connectivity index (χ1) is 11.6.